The summed E-state index contributed by atoms with van der Waals surface area (Å²) in [4.78, 5) is 40.0. The fraction of sp³-hybridized carbons (Fsp3) is 0.824. The molecule has 0 atom stereocenters. The Balaban J connectivity index is 1.28. The molecule has 6 rings (SSSR count). The lowest BCUT2D eigenvalue weighted by molar-refractivity contribution is -0.165. The molecule has 6 heteroatoms. The summed E-state index contributed by atoms with van der Waals surface area (Å²) in [7, 11) is 0. The summed E-state index contributed by atoms with van der Waals surface area (Å²) in [5.74, 6) is 2.78. The average molecular weight is 334 g/mol. The Morgan fingerprint density at radius 2 is 1.57 bits per heavy atom. The molecular formula is C17H22N2O3S. The van der Waals surface area contributed by atoms with E-state index in [1.54, 1.807) is 0 Å². The van der Waals surface area contributed by atoms with Crippen LogP contribution in [0.25, 0.3) is 0 Å². The first-order valence-corrected chi connectivity index (χ1v) is 9.81. The largest absolute Gasteiger partial charge is 0.338 e. The molecule has 6 aliphatic rings. The number of imide groups is 1. The minimum atomic E-state index is -0.137. The first-order chi connectivity index (χ1) is 11.0. The quantitative estimate of drug-likeness (QED) is 0.776. The van der Waals surface area contributed by atoms with Gasteiger partial charge in [-0.3, -0.25) is 19.3 Å². The van der Waals surface area contributed by atoms with E-state index in [-0.39, 0.29) is 28.4 Å². The first kappa shape index (κ1) is 14.3. The second kappa shape index (κ2) is 4.74. The molecule has 0 unspecified atom stereocenters. The molecule has 23 heavy (non-hydrogen) atoms. The summed E-state index contributed by atoms with van der Waals surface area (Å²) in [6, 6.07) is -0.0807. The Hall–Kier alpha value is -1.04. The fourth-order valence-electron chi connectivity index (χ4n) is 6.21. The number of amides is 3. The lowest BCUT2D eigenvalue weighted by Crippen LogP contribution is -2.66. The maximum Gasteiger partial charge on any atom is 0.289 e. The Bertz CT molecular complexity index is 547. The van der Waals surface area contributed by atoms with E-state index >= 15 is 0 Å². The molecule has 4 aliphatic carbocycles. The third kappa shape index (κ3) is 2.03. The molecule has 0 aromatic rings. The summed E-state index contributed by atoms with van der Waals surface area (Å²) >= 11 is 1.08. The summed E-state index contributed by atoms with van der Waals surface area (Å²) in [6.07, 6.45) is 7.25. The van der Waals surface area contributed by atoms with Gasteiger partial charge in [-0.05, 0) is 56.3 Å². The van der Waals surface area contributed by atoms with Gasteiger partial charge in [0.15, 0.2) is 0 Å². The van der Waals surface area contributed by atoms with Gasteiger partial charge in [0.1, 0.15) is 0 Å². The zero-order chi connectivity index (χ0) is 15.8. The number of thioether (sulfide) groups is 1. The summed E-state index contributed by atoms with van der Waals surface area (Å²) in [6.45, 7) is 1.11. The number of rotatable bonds is 2. The number of likely N-dealkylation sites (tertiary alicyclic amines) is 1. The molecule has 4 saturated carbocycles. The van der Waals surface area contributed by atoms with Gasteiger partial charge in [0.25, 0.3) is 5.24 Å². The van der Waals surface area contributed by atoms with Gasteiger partial charge in [-0.15, -0.1) is 0 Å². The number of carbonyl (C=O) groups excluding carboxylic acids is 3. The van der Waals surface area contributed by atoms with E-state index in [2.05, 4.69) is 0 Å². The van der Waals surface area contributed by atoms with Crippen molar-refractivity contribution in [3.05, 3.63) is 0 Å². The molecule has 0 spiro atoms. The van der Waals surface area contributed by atoms with E-state index in [1.807, 2.05) is 4.90 Å². The van der Waals surface area contributed by atoms with Gasteiger partial charge in [-0.2, -0.15) is 0 Å². The van der Waals surface area contributed by atoms with Crippen molar-refractivity contribution in [2.45, 2.75) is 44.6 Å². The summed E-state index contributed by atoms with van der Waals surface area (Å²) in [5.41, 5.74) is -0.104. The highest BCUT2D eigenvalue weighted by Gasteiger charge is 2.57. The van der Waals surface area contributed by atoms with Crippen LogP contribution in [0.4, 0.5) is 4.79 Å². The van der Waals surface area contributed by atoms with E-state index in [9.17, 15) is 14.4 Å². The lowest BCUT2D eigenvalue weighted by Gasteiger charge is -2.58. The van der Waals surface area contributed by atoms with Crippen molar-refractivity contribution in [2.24, 2.45) is 23.2 Å². The van der Waals surface area contributed by atoms with Crippen LogP contribution in [0.15, 0.2) is 0 Å². The second-order valence-electron chi connectivity index (χ2n) is 8.38. The highest BCUT2D eigenvalue weighted by atomic mass is 32.2. The molecule has 124 valence electrons. The molecule has 2 aliphatic heterocycles. The smallest absolute Gasteiger partial charge is 0.289 e. The molecule has 0 radical (unpaired) electrons. The van der Waals surface area contributed by atoms with E-state index in [0.29, 0.717) is 19.0 Å². The van der Waals surface area contributed by atoms with Crippen molar-refractivity contribution in [2.75, 3.05) is 18.8 Å². The van der Waals surface area contributed by atoms with Crippen LogP contribution in [0.3, 0.4) is 0 Å². The van der Waals surface area contributed by atoms with Crippen molar-refractivity contribution in [1.82, 2.24) is 9.80 Å². The molecule has 5 nitrogen and oxygen atoms in total. The lowest BCUT2D eigenvalue weighted by atomic mass is 9.49. The monoisotopic (exact) mass is 334 g/mol. The van der Waals surface area contributed by atoms with Crippen LogP contribution < -0.4 is 0 Å². The highest BCUT2D eigenvalue weighted by molar-refractivity contribution is 8.14. The predicted octanol–water partition coefficient (Wildman–Crippen LogP) is 2.11. The molecule has 6 fully saturated rings. The van der Waals surface area contributed by atoms with Crippen molar-refractivity contribution in [3.8, 4) is 0 Å². The van der Waals surface area contributed by atoms with Crippen molar-refractivity contribution >= 4 is 28.8 Å². The Labute approximate surface area is 140 Å². The minimum Gasteiger partial charge on any atom is -0.338 e. The molecule has 0 N–H and O–H groups in total. The average Bonchev–Trinajstić information content (AvgIpc) is 2.76. The number of hydrogen-bond acceptors (Lipinski definition) is 4. The third-order valence-electron chi connectivity index (χ3n) is 6.79. The van der Waals surface area contributed by atoms with Crippen molar-refractivity contribution in [3.63, 3.8) is 0 Å². The Kier molecular flexibility index (Phi) is 2.95. The van der Waals surface area contributed by atoms with E-state index in [1.165, 1.54) is 24.2 Å². The SMILES string of the molecule is O=C1CSC(=O)N1C1CN(C(=O)C23CC4CC(CC(C4)C2)C3)C1. The van der Waals surface area contributed by atoms with Crippen LogP contribution >= 0.6 is 11.8 Å². The molecule has 0 aromatic heterocycles. The van der Waals surface area contributed by atoms with E-state index in [0.717, 1.165) is 48.8 Å². The standard InChI is InChI=1S/C17H22N2O3S/c20-14-9-23-16(22)19(14)13-7-18(8-13)15(21)17-4-10-1-11(5-17)3-12(2-10)6-17/h10-13H,1-9H2. The molecular weight excluding hydrogens is 312 g/mol. The molecule has 0 aromatic carbocycles. The fourth-order valence-corrected chi connectivity index (χ4v) is 6.99. The summed E-state index contributed by atoms with van der Waals surface area (Å²) in [5, 5.41) is -0.137. The van der Waals surface area contributed by atoms with Crippen LogP contribution in [0, 0.1) is 23.2 Å². The predicted molar refractivity (Wildman–Crippen MR) is 85.7 cm³/mol. The topological polar surface area (TPSA) is 57.7 Å². The van der Waals surface area contributed by atoms with Gasteiger partial charge >= 0.3 is 0 Å². The van der Waals surface area contributed by atoms with Crippen LogP contribution in [-0.2, 0) is 9.59 Å². The maximum atomic E-state index is 13.1. The highest BCUT2D eigenvalue weighted by Crippen LogP contribution is 2.60. The van der Waals surface area contributed by atoms with Gasteiger partial charge in [0, 0.05) is 13.1 Å². The van der Waals surface area contributed by atoms with Gasteiger partial charge in [-0.25, -0.2) is 0 Å². The van der Waals surface area contributed by atoms with E-state index in [4.69, 9.17) is 0 Å². The first-order valence-electron chi connectivity index (χ1n) is 8.82. The molecule has 2 saturated heterocycles. The minimum absolute atomic E-state index is 0.0807. The maximum absolute atomic E-state index is 13.1. The van der Waals surface area contributed by atoms with Crippen LogP contribution in [-0.4, -0.2) is 51.7 Å². The van der Waals surface area contributed by atoms with Crippen molar-refractivity contribution in [1.29, 1.82) is 0 Å². The van der Waals surface area contributed by atoms with Gasteiger partial charge in [0.2, 0.25) is 11.8 Å². The van der Waals surface area contributed by atoms with Crippen LogP contribution in [0.5, 0.6) is 0 Å². The molecule has 3 amide bonds. The second-order valence-corrected chi connectivity index (χ2v) is 9.31. The number of hydrogen-bond donors (Lipinski definition) is 0. The van der Waals surface area contributed by atoms with Crippen molar-refractivity contribution < 1.29 is 14.4 Å². The summed E-state index contributed by atoms with van der Waals surface area (Å²) < 4.78 is 0. The Morgan fingerprint density at radius 3 is 2.04 bits per heavy atom. The van der Waals surface area contributed by atoms with Gasteiger partial charge in [0.05, 0.1) is 17.2 Å². The Morgan fingerprint density at radius 1 is 1.00 bits per heavy atom. The number of nitrogens with zero attached hydrogens (tertiary/aromatic N) is 2. The zero-order valence-corrected chi connectivity index (χ0v) is 14.0. The van der Waals surface area contributed by atoms with E-state index < -0.39 is 0 Å². The molecule has 2 heterocycles. The van der Waals surface area contributed by atoms with Gasteiger partial charge in [-0.1, -0.05) is 11.8 Å². The normalized spacial score (nSPS) is 42.5. The van der Waals surface area contributed by atoms with Crippen LogP contribution in [0.2, 0.25) is 0 Å². The van der Waals surface area contributed by atoms with Crippen LogP contribution in [0.1, 0.15) is 38.5 Å². The van der Waals surface area contributed by atoms with Gasteiger partial charge < -0.3 is 4.90 Å². The number of carbonyl (C=O) groups is 3. The molecule has 4 bridgehead atoms. The zero-order valence-electron chi connectivity index (χ0n) is 13.2. The third-order valence-corrected chi connectivity index (χ3v) is 7.63.